The van der Waals surface area contributed by atoms with Crippen LogP contribution in [0.15, 0.2) is 134 Å². The van der Waals surface area contributed by atoms with Crippen molar-refractivity contribution in [1.29, 1.82) is 0 Å². The third-order valence-electron chi connectivity index (χ3n) is 13.0. The van der Waals surface area contributed by atoms with Gasteiger partial charge in [-0.15, -0.1) is 0 Å². The molecule has 0 radical (unpaired) electrons. The van der Waals surface area contributed by atoms with E-state index in [1.807, 2.05) is 12.1 Å². The maximum absolute atomic E-state index is 13.3. The quantitative estimate of drug-likeness (QED) is 0.0899. The molecule has 6 heterocycles. The number of pyridine rings is 2. The van der Waals surface area contributed by atoms with E-state index in [4.69, 9.17) is 0 Å². The molecule has 0 aliphatic carbocycles. The van der Waals surface area contributed by atoms with Crippen molar-refractivity contribution in [2.45, 2.75) is 38.5 Å². The molecule has 0 spiro atoms. The summed E-state index contributed by atoms with van der Waals surface area (Å²) in [6, 6.07) is 38.1. The van der Waals surface area contributed by atoms with Crippen LogP contribution in [0.3, 0.4) is 0 Å². The molecule has 11 heteroatoms. The monoisotopic (exact) mass is 889 g/mol. The van der Waals surface area contributed by atoms with Crippen LogP contribution in [0, 0.1) is 0 Å². The van der Waals surface area contributed by atoms with Crippen molar-refractivity contribution < 1.29 is 31.1 Å². The molecule has 0 atom stereocenters. The van der Waals surface area contributed by atoms with E-state index in [-0.39, 0.29) is 35.1 Å². The Kier molecular flexibility index (Phi) is 11.1. The van der Waals surface area contributed by atoms with E-state index >= 15 is 0 Å². The zero-order valence-electron chi connectivity index (χ0n) is 36.3. The fraction of sp³-hybridized carbons (Fsp3) is 0.231. The summed E-state index contributed by atoms with van der Waals surface area (Å²) in [7, 11) is 7.59. The Hall–Kier alpha value is -5.81. The Labute approximate surface area is 382 Å². The van der Waals surface area contributed by atoms with E-state index in [1.165, 1.54) is 55.4 Å². The highest BCUT2D eigenvalue weighted by Crippen LogP contribution is 2.42. The molecule has 2 N–H and O–H groups in total. The number of fused-ring (bicyclic) bond motifs is 8. The smallest absolute Gasteiger partial charge is 0.251 e. The Bertz CT molecular complexity index is 2920. The standard InChI is InChI=1S/C52H48N6O2S2.ClH/c1-51(2)41-27-35(15-17-45(41)57-23-19-33(29-47(51)57)39-31-55(5)43-13-9-7-11-37(39)43)49(59)53-21-25-61-62-26-22-54-50(60)36-16-18-46-42(28-36)52(3,4)48-30-34(20-24-58(46)48)40-32-56(6)44-14-10-8-12-38(40)44;/h7-20,23-24,27-32H,21-22,25-26H2,1-6H3;1H/p+1. The molecular formula is C52H50ClN6O2S2+. The van der Waals surface area contributed by atoms with Crippen molar-refractivity contribution >= 4 is 55.2 Å². The second kappa shape index (κ2) is 16.4. The first kappa shape index (κ1) is 42.5. The van der Waals surface area contributed by atoms with Crippen LogP contribution >= 0.6 is 21.6 Å². The van der Waals surface area contributed by atoms with Crippen molar-refractivity contribution in [3.8, 4) is 33.6 Å². The van der Waals surface area contributed by atoms with Crippen LogP contribution in [0.2, 0.25) is 0 Å². The third kappa shape index (κ3) is 7.22. The van der Waals surface area contributed by atoms with E-state index in [9.17, 15) is 9.59 Å². The average Bonchev–Trinajstić information content (AvgIpc) is 3.95. The number of para-hydroxylation sites is 2. The van der Waals surface area contributed by atoms with Gasteiger partial charge < -0.3 is 32.2 Å². The van der Waals surface area contributed by atoms with Crippen molar-refractivity contribution in [1.82, 2.24) is 19.8 Å². The van der Waals surface area contributed by atoms with Crippen molar-refractivity contribution in [3.05, 3.63) is 168 Å². The van der Waals surface area contributed by atoms with Crippen molar-refractivity contribution in [2.75, 3.05) is 24.6 Å². The summed E-state index contributed by atoms with van der Waals surface area (Å²) < 4.78 is 8.89. The number of rotatable bonds is 11. The number of benzene rings is 4. The van der Waals surface area contributed by atoms with Crippen LogP contribution < -0.4 is 32.2 Å². The van der Waals surface area contributed by atoms with Gasteiger partial charge in [-0.05, 0) is 75.2 Å². The minimum atomic E-state index is -0.278. The van der Waals surface area contributed by atoms with Gasteiger partial charge in [0.1, 0.15) is 0 Å². The van der Waals surface area contributed by atoms with Crippen LogP contribution in [0.5, 0.6) is 0 Å². The fourth-order valence-corrected chi connectivity index (χ4v) is 11.5. The molecule has 2 aliphatic rings. The first-order chi connectivity index (χ1) is 29.9. The fourth-order valence-electron chi connectivity index (χ4n) is 9.65. The van der Waals surface area contributed by atoms with Gasteiger partial charge in [-0.1, -0.05) is 58.0 Å². The van der Waals surface area contributed by atoms with Gasteiger partial charge in [-0.3, -0.25) is 9.59 Å². The summed E-state index contributed by atoms with van der Waals surface area (Å²) in [6.45, 7) is 10.1. The second-order valence-corrected chi connectivity index (χ2v) is 20.3. The van der Waals surface area contributed by atoms with Crippen LogP contribution in [-0.4, -0.2) is 45.5 Å². The number of nitrogens with one attached hydrogen (secondary N) is 2. The van der Waals surface area contributed by atoms with Gasteiger partial charge in [0, 0.05) is 143 Å². The van der Waals surface area contributed by atoms with Crippen LogP contribution in [0.4, 0.5) is 0 Å². The number of nitrogens with zero attached hydrogens (tertiary/aromatic N) is 4. The SMILES string of the molecule is Cn1cc(-c2cc[n+]3c(c2)C(C)(C)c2cc(C(=O)NCCSSCCNC(=O)c4ccc5c(c4)C(C)(C)c4cc(-c6cn(C)c7ccccc67)cc[n+]4-5)ccc2-3)c2ccccc21.[Cl-]. The summed E-state index contributed by atoms with van der Waals surface area (Å²) in [4.78, 5) is 26.7. The molecule has 0 fully saturated rings. The lowest BCUT2D eigenvalue weighted by atomic mass is 9.82. The number of halogens is 1. The number of hydrogen-bond acceptors (Lipinski definition) is 4. The lowest BCUT2D eigenvalue weighted by Crippen LogP contribution is -3.00. The Morgan fingerprint density at radius 2 is 0.984 bits per heavy atom. The minimum absolute atomic E-state index is 0. The summed E-state index contributed by atoms with van der Waals surface area (Å²) in [5.41, 5.74) is 14.9. The van der Waals surface area contributed by atoms with Gasteiger partial charge >= 0.3 is 0 Å². The molecule has 318 valence electrons. The lowest BCUT2D eigenvalue weighted by molar-refractivity contribution is -0.600. The van der Waals surface area contributed by atoms with E-state index in [1.54, 1.807) is 21.6 Å². The number of carbonyl (C=O) groups is 2. The largest absolute Gasteiger partial charge is 1.00 e. The molecule has 0 bridgehead atoms. The first-order valence-corrected chi connectivity index (χ1v) is 23.7. The highest BCUT2D eigenvalue weighted by atomic mass is 35.5. The van der Waals surface area contributed by atoms with Gasteiger partial charge in [-0.25, -0.2) is 0 Å². The molecule has 0 unspecified atom stereocenters. The molecular weight excluding hydrogens is 840 g/mol. The Balaban J connectivity index is 0.00000504. The zero-order chi connectivity index (χ0) is 42.9. The minimum Gasteiger partial charge on any atom is -1.00 e. The summed E-state index contributed by atoms with van der Waals surface area (Å²) in [5, 5.41) is 8.72. The third-order valence-corrected chi connectivity index (χ3v) is 15.4. The highest BCUT2D eigenvalue weighted by molar-refractivity contribution is 8.76. The predicted molar refractivity (Wildman–Crippen MR) is 254 cm³/mol. The maximum atomic E-state index is 13.3. The van der Waals surface area contributed by atoms with Gasteiger partial charge in [0.05, 0.1) is 10.8 Å². The molecule has 0 saturated heterocycles. The van der Waals surface area contributed by atoms with Gasteiger partial charge in [0.25, 0.3) is 11.8 Å². The van der Waals surface area contributed by atoms with Crippen molar-refractivity contribution in [2.24, 2.45) is 14.1 Å². The van der Waals surface area contributed by atoms with Crippen LogP contribution in [0.25, 0.3) is 55.4 Å². The molecule has 10 rings (SSSR count). The summed E-state index contributed by atoms with van der Waals surface area (Å²) >= 11 is 0. The highest BCUT2D eigenvalue weighted by Gasteiger charge is 2.45. The Morgan fingerprint density at radius 3 is 1.41 bits per heavy atom. The second-order valence-electron chi connectivity index (χ2n) is 17.6. The molecule has 4 aromatic heterocycles. The van der Waals surface area contributed by atoms with Gasteiger partial charge in [0.15, 0.2) is 23.8 Å². The molecule has 2 aliphatic heterocycles. The predicted octanol–water partition coefficient (Wildman–Crippen LogP) is 6.38. The average molecular weight is 891 g/mol. The number of aromatic nitrogens is 4. The maximum Gasteiger partial charge on any atom is 0.251 e. The molecule has 8 nitrogen and oxygen atoms in total. The van der Waals surface area contributed by atoms with Gasteiger partial charge in [-0.2, -0.15) is 9.13 Å². The normalized spacial score (nSPS) is 13.9. The molecule has 4 aromatic carbocycles. The number of aryl methyl sites for hydroxylation is 2. The Morgan fingerprint density at radius 1 is 0.571 bits per heavy atom. The summed E-state index contributed by atoms with van der Waals surface area (Å²) in [6.07, 6.45) is 8.74. The topological polar surface area (TPSA) is 75.8 Å². The van der Waals surface area contributed by atoms with Crippen LogP contribution in [-0.2, 0) is 24.9 Å². The van der Waals surface area contributed by atoms with Crippen molar-refractivity contribution in [3.63, 3.8) is 0 Å². The first-order valence-electron chi connectivity index (χ1n) is 21.2. The van der Waals surface area contributed by atoms with Gasteiger partial charge in [0.2, 0.25) is 11.4 Å². The molecule has 0 saturated carbocycles. The van der Waals surface area contributed by atoms with Crippen LogP contribution in [0.1, 0.15) is 70.9 Å². The zero-order valence-corrected chi connectivity index (χ0v) is 38.7. The van der Waals surface area contributed by atoms with E-state index in [0.717, 1.165) is 34.0 Å². The molecule has 63 heavy (non-hydrogen) atoms. The number of amides is 2. The summed E-state index contributed by atoms with van der Waals surface area (Å²) in [5.74, 6) is 1.39. The van der Waals surface area contributed by atoms with E-state index in [2.05, 4.69) is 193 Å². The van der Waals surface area contributed by atoms with E-state index in [0.29, 0.717) is 24.2 Å². The van der Waals surface area contributed by atoms with E-state index < -0.39 is 0 Å². The number of hydrogen-bond donors (Lipinski definition) is 2. The molecule has 8 aromatic rings. The number of carbonyl (C=O) groups excluding carboxylic acids is 2. The lowest BCUT2D eigenvalue weighted by Gasteiger charge is -2.15. The molecule has 2 amide bonds.